The summed E-state index contributed by atoms with van der Waals surface area (Å²) in [5.74, 6) is -2.49. The van der Waals surface area contributed by atoms with Crippen molar-refractivity contribution in [1.29, 1.82) is 0 Å². The molecule has 1 aromatic carbocycles. The van der Waals surface area contributed by atoms with Crippen LogP contribution in [0.15, 0.2) is 18.2 Å². The van der Waals surface area contributed by atoms with Gasteiger partial charge in [0.25, 0.3) is 0 Å². The molecule has 0 radical (unpaired) electrons. The molecule has 0 aromatic heterocycles. The molecule has 1 heterocycles. The Kier molecular flexibility index (Phi) is 3.45. The average molecular weight is 269 g/mol. The molecule has 0 aliphatic carbocycles. The molecule has 1 aliphatic heterocycles. The first kappa shape index (κ1) is 14.4. The van der Waals surface area contributed by atoms with Crippen LogP contribution in [0.1, 0.15) is 39.2 Å². The van der Waals surface area contributed by atoms with Gasteiger partial charge >= 0.3 is 7.12 Å². The molecule has 0 spiro atoms. The SMILES string of the molecule is CC1(C)OB(C(N)c2ccc(F)c(F)c2)OC1(C)C. The van der Waals surface area contributed by atoms with E-state index in [9.17, 15) is 8.78 Å². The van der Waals surface area contributed by atoms with E-state index in [4.69, 9.17) is 15.0 Å². The van der Waals surface area contributed by atoms with Crippen molar-refractivity contribution in [3.8, 4) is 0 Å². The van der Waals surface area contributed by atoms with Gasteiger partial charge in [-0.25, -0.2) is 8.78 Å². The van der Waals surface area contributed by atoms with Crippen LogP contribution in [-0.4, -0.2) is 18.3 Å². The van der Waals surface area contributed by atoms with Crippen LogP contribution in [0.25, 0.3) is 0 Å². The summed E-state index contributed by atoms with van der Waals surface area (Å²) in [6.45, 7) is 7.63. The molecular weight excluding hydrogens is 251 g/mol. The zero-order chi connectivity index (χ0) is 14.4. The highest BCUT2D eigenvalue weighted by molar-refractivity contribution is 6.47. The second-order valence-electron chi connectivity index (χ2n) is 5.82. The maximum absolute atomic E-state index is 13.2. The van der Waals surface area contributed by atoms with Crippen LogP contribution in [0, 0.1) is 11.6 Å². The molecule has 1 fully saturated rings. The Labute approximate surface area is 112 Å². The molecule has 104 valence electrons. The summed E-state index contributed by atoms with van der Waals surface area (Å²) in [5.41, 5.74) is 5.45. The number of halogens is 2. The van der Waals surface area contributed by atoms with Gasteiger partial charge in [-0.15, -0.1) is 0 Å². The summed E-state index contributed by atoms with van der Waals surface area (Å²) >= 11 is 0. The molecule has 1 unspecified atom stereocenters. The Morgan fingerprint density at radius 1 is 1.05 bits per heavy atom. The number of hydrogen-bond donors (Lipinski definition) is 1. The number of benzene rings is 1. The first-order chi connectivity index (χ1) is 8.64. The Bertz CT molecular complexity index is 478. The molecule has 0 saturated carbocycles. The van der Waals surface area contributed by atoms with Crippen molar-refractivity contribution >= 4 is 7.12 Å². The largest absolute Gasteiger partial charge is 0.480 e. The number of nitrogens with two attached hydrogens (primary N) is 1. The smallest absolute Gasteiger partial charge is 0.402 e. The molecule has 6 heteroatoms. The van der Waals surface area contributed by atoms with Gasteiger partial charge < -0.3 is 15.0 Å². The van der Waals surface area contributed by atoms with Crippen LogP contribution in [0.5, 0.6) is 0 Å². The van der Waals surface area contributed by atoms with Gasteiger partial charge in [-0.2, -0.15) is 0 Å². The molecule has 1 aromatic rings. The summed E-state index contributed by atoms with van der Waals surface area (Å²) < 4.78 is 37.7. The molecule has 19 heavy (non-hydrogen) atoms. The third kappa shape index (κ3) is 2.52. The molecule has 2 N–H and O–H groups in total. The first-order valence-corrected chi connectivity index (χ1v) is 6.20. The normalized spacial score (nSPS) is 22.6. The summed E-state index contributed by atoms with van der Waals surface area (Å²) in [5, 5.41) is 0. The van der Waals surface area contributed by atoms with Gasteiger partial charge in [-0.3, -0.25) is 0 Å². The van der Waals surface area contributed by atoms with Crippen LogP contribution >= 0.6 is 0 Å². The molecule has 1 atom stereocenters. The lowest BCUT2D eigenvalue weighted by atomic mass is 9.75. The maximum atomic E-state index is 13.2. The van der Waals surface area contributed by atoms with Crippen molar-refractivity contribution in [2.45, 2.75) is 44.8 Å². The van der Waals surface area contributed by atoms with E-state index in [2.05, 4.69) is 0 Å². The fraction of sp³-hybridized carbons (Fsp3) is 0.538. The van der Waals surface area contributed by atoms with Gasteiger partial charge in [-0.05, 0) is 45.4 Å². The second kappa shape index (κ2) is 4.54. The lowest BCUT2D eigenvalue weighted by Crippen LogP contribution is -2.41. The van der Waals surface area contributed by atoms with E-state index in [1.807, 2.05) is 27.7 Å². The van der Waals surface area contributed by atoms with Gasteiger partial charge in [0.15, 0.2) is 11.6 Å². The molecular formula is C13H18BF2NO2. The average Bonchev–Trinajstić information content (AvgIpc) is 2.51. The lowest BCUT2D eigenvalue weighted by molar-refractivity contribution is 0.00578. The van der Waals surface area contributed by atoms with Crippen LogP contribution in [-0.2, 0) is 9.31 Å². The first-order valence-electron chi connectivity index (χ1n) is 6.20. The second-order valence-corrected chi connectivity index (χ2v) is 5.82. The Morgan fingerprint density at radius 2 is 1.58 bits per heavy atom. The quantitative estimate of drug-likeness (QED) is 0.839. The third-order valence-electron chi connectivity index (χ3n) is 3.89. The van der Waals surface area contributed by atoms with Crippen molar-refractivity contribution in [3.05, 3.63) is 35.4 Å². The van der Waals surface area contributed by atoms with Crippen LogP contribution in [0.2, 0.25) is 0 Å². The predicted molar refractivity (Wildman–Crippen MR) is 69.4 cm³/mol. The Balaban J connectivity index is 2.22. The van der Waals surface area contributed by atoms with Crippen molar-refractivity contribution < 1.29 is 18.1 Å². The van der Waals surface area contributed by atoms with E-state index in [-0.39, 0.29) is 0 Å². The van der Waals surface area contributed by atoms with Crippen molar-refractivity contribution in [2.75, 3.05) is 0 Å². The highest BCUT2D eigenvalue weighted by Crippen LogP contribution is 2.39. The Morgan fingerprint density at radius 3 is 2.05 bits per heavy atom. The molecule has 0 amide bonds. The van der Waals surface area contributed by atoms with E-state index in [0.717, 1.165) is 12.1 Å². The van der Waals surface area contributed by atoms with Gasteiger partial charge in [0.2, 0.25) is 0 Å². The monoisotopic (exact) mass is 269 g/mol. The Hall–Kier alpha value is -0.975. The summed E-state index contributed by atoms with van der Waals surface area (Å²) in [6, 6.07) is 3.56. The molecule has 1 saturated heterocycles. The zero-order valence-corrected chi connectivity index (χ0v) is 11.5. The summed E-state index contributed by atoms with van der Waals surface area (Å²) in [7, 11) is -0.685. The van der Waals surface area contributed by atoms with Crippen LogP contribution < -0.4 is 5.73 Å². The third-order valence-corrected chi connectivity index (χ3v) is 3.89. The molecule has 3 nitrogen and oxygen atoms in total. The standard InChI is InChI=1S/C13H18BF2NO2/c1-12(2)13(3,4)19-14(18-12)11(17)8-5-6-9(15)10(16)7-8/h5-7,11H,17H2,1-4H3. The minimum atomic E-state index is -0.926. The van der Waals surface area contributed by atoms with E-state index < -0.39 is 35.9 Å². The minimum Gasteiger partial charge on any atom is -0.402 e. The van der Waals surface area contributed by atoms with Crippen molar-refractivity contribution in [3.63, 3.8) is 0 Å². The number of rotatable bonds is 2. The predicted octanol–water partition coefficient (Wildman–Crippen LogP) is 2.60. The van der Waals surface area contributed by atoms with E-state index in [0.29, 0.717) is 5.56 Å². The number of hydrogen-bond acceptors (Lipinski definition) is 3. The maximum Gasteiger partial charge on any atom is 0.480 e. The molecule has 0 bridgehead atoms. The molecule has 2 rings (SSSR count). The van der Waals surface area contributed by atoms with Crippen molar-refractivity contribution in [2.24, 2.45) is 5.73 Å². The zero-order valence-electron chi connectivity index (χ0n) is 11.5. The highest BCUT2D eigenvalue weighted by Gasteiger charge is 2.53. The fourth-order valence-electron chi connectivity index (χ4n) is 1.91. The highest BCUT2D eigenvalue weighted by atomic mass is 19.2. The van der Waals surface area contributed by atoms with Gasteiger partial charge in [0.1, 0.15) is 0 Å². The van der Waals surface area contributed by atoms with Crippen molar-refractivity contribution in [1.82, 2.24) is 0 Å². The molecule has 1 aliphatic rings. The van der Waals surface area contributed by atoms with Crippen LogP contribution in [0.4, 0.5) is 8.78 Å². The van der Waals surface area contributed by atoms with E-state index >= 15 is 0 Å². The summed E-state index contributed by atoms with van der Waals surface area (Å²) in [4.78, 5) is 0. The van der Waals surface area contributed by atoms with E-state index in [1.54, 1.807) is 0 Å². The summed E-state index contributed by atoms with van der Waals surface area (Å²) in [6.07, 6.45) is 0. The van der Waals surface area contributed by atoms with Crippen LogP contribution in [0.3, 0.4) is 0 Å². The lowest BCUT2D eigenvalue weighted by Gasteiger charge is -2.32. The van der Waals surface area contributed by atoms with Gasteiger partial charge in [0, 0.05) is 0 Å². The minimum absolute atomic E-state index is 0.442. The van der Waals surface area contributed by atoms with E-state index in [1.165, 1.54) is 6.07 Å². The van der Waals surface area contributed by atoms with Gasteiger partial charge in [0.05, 0.1) is 17.1 Å². The fourth-order valence-corrected chi connectivity index (χ4v) is 1.91. The topological polar surface area (TPSA) is 44.5 Å². The van der Waals surface area contributed by atoms with Gasteiger partial charge in [-0.1, -0.05) is 6.07 Å².